The molecule has 1 aromatic rings. The Morgan fingerprint density at radius 3 is 2.43 bits per heavy atom. The number of piperazine rings is 1. The molecular weight excluding hydrogens is 272 g/mol. The topological polar surface area (TPSA) is 52.2 Å². The van der Waals surface area contributed by atoms with Crippen LogP contribution >= 0.6 is 0 Å². The van der Waals surface area contributed by atoms with Gasteiger partial charge in [-0.15, -0.1) is 0 Å². The fourth-order valence-electron chi connectivity index (χ4n) is 2.54. The van der Waals surface area contributed by atoms with E-state index in [1.807, 2.05) is 12.1 Å². The van der Waals surface area contributed by atoms with Crippen LogP contribution < -0.4 is 15.0 Å². The molecule has 0 bridgehead atoms. The lowest BCUT2D eigenvalue weighted by atomic mass is 10.2. The predicted octanol–water partition coefficient (Wildman–Crippen LogP) is 0.822. The molecule has 1 N–H and O–H groups in total. The molecule has 21 heavy (non-hydrogen) atoms. The number of nitrogens with one attached hydrogen (secondary N) is 1. The van der Waals surface area contributed by atoms with Crippen LogP contribution in [0.1, 0.15) is 0 Å². The standard InChI is InChI=1S/C15H22N2O4/c1-18-15(20-10-11-21-15)12-19-14-4-2-13(3-5-14)17-8-6-16-7-9-17/h2-5,16H,6-12H2,1H3. The molecule has 1 aromatic carbocycles. The van der Waals surface area contributed by atoms with Gasteiger partial charge in [0.2, 0.25) is 0 Å². The van der Waals surface area contributed by atoms with E-state index in [2.05, 4.69) is 22.3 Å². The molecule has 6 nitrogen and oxygen atoms in total. The molecule has 0 aromatic heterocycles. The number of nitrogens with zero attached hydrogens (tertiary/aromatic N) is 1. The van der Waals surface area contributed by atoms with Gasteiger partial charge in [-0.3, -0.25) is 0 Å². The molecule has 2 aliphatic rings. The number of hydrogen-bond donors (Lipinski definition) is 1. The summed E-state index contributed by atoms with van der Waals surface area (Å²) in [4.78, 5) is 2.36. The monoisotopic (exact) mass is 294 g/mol. The molecule has 0 atom stereocenters. The molecule has 6 heteroatoms. The van der Waals surface area contributed by atoms with Gasteiger partial charge < -0.3 is 29.2 Å². The van der Waals surface area contributed by atoms with Crippen LogP contribution in [0.15, 0.2) is 24.3 Å². The highest BCUT2D eigenvalue weighted by Gasteiger charge is 2.38. The van der Waals surface area contributed by atoms with Gasteiger partial charge in [-0.2, -0.15) is 0 Å². The number of ether oxygens (including phenoxy) is 4. The van der Waals surface area contributed by atoms with Crippen molar-refractivity contribution in [3.63, 3.8) is 0 Å². The second kappa shape index (κ2) is 6.62. The second-order valence-electron chi connectivity index (χ2n) is 5.10. The van der Waals surface area contributed by atoms with Gasteiger partial charge in [-0.25, -0.2) is 0 Å². The van der Waals surface area contributed by atoms with Gasteiger partial charge in [-0.05, 0) is 24.3 Å². The van der Waals surface area contributed by atoms with Crippen molar-refractivity contribution in [3.8, 4) is 5.75 Å². The van der Waals surface area contributed by atoms with Crippen molar-refractivity contribution in [2.45, 2.75) is 5.97 Å². The lowest BCUT2D eigenvalue weighted by Crippen LogP contribution is -2.43. The fraction of sp³-hybridized carbons (Fsp3) is 0.600. The van der Waals surface area contributed by atoms with Gasteiger partial charge in [-0.1, -0.05) is 0 Å². The van der Waals surface area contributed by atoms with E-state index < -0.39 is 5.97 Å². The summed E-state index contributed by atoms with van der Waals surface area (Å²) in [5.74, 6) is -0.276. The van der Waals surface area contributed by atoms with Crippen molar-refractivity contribution in [1.29, 1.82) is 0 Å². The van der Waals surface area contributed by atoms with Crippen molar-refractivity contribution in [1.82, 2.24) is 5.32 Å². The Morgan fingerprint density at radius 2 is 1.81 bits per heavy atom. The highest BCUT2D eigenvalue weighted by atomic mass is 16.9. The third-order valence-corrected chi connectivity index (χ3v) is 3.77. The van der Waals surface area contributed by atoms with E-state index in [1.54, 1.807) is 7.11 Å². The van der Waals surface area contributed by atoms with E-state index in [1.165, 1.54) is 5.69 Å². The SMILES string of the molecule is COC1(COc2ccc(N3CCNCC3)cc2)OCCO1. The van der Waals surface area contributed by atoms with Crippen molar-refractivity contribution in [3.05, 3.63) is 24.3 Å². The van der Waals surface area contributed by atoms with Gasteiger partial charge in [0.15, 0.2) is 6.61 Å². The maximum atomic E-state index is 5.72. The van der Waals surface area contributed by atoms with Crippen LogP contribution in [0.25, 0.3) is 0 Å². The third-order valence-electron chi connectivity index (χ3n) is 3.77. The smallest absolute Gasteiger partial charge is 0.319 e. The van der Waals surface area contributed by atoms with E-state index in [0.29, 0.717) is 13.2 Å². The van der Waals surface area contributed by atoms with Crippen LogP contribution in [0.2, 0.25) is 0 Å². The third kappa shape index (κ3) is 3.47. The van der Waals surface area contributed by atoms with Gasteiger partial charge in [0.1, 0.15) is 5.75 Å². The Morgan fingerprint density at radius 1 is 1.14 bits per heavy atom. The highest BCUT2D eigenvalue weighted by Crippen LogP contribution is 2.24. The quantitative estimate of drug-likeness (QED) is 0.868. The second-order valence-corrected chi connectivity index (χ2v) is 5.10. The van der Waals surface area contributed by atoms with Crippen LogP contribution in [0.4, 0.5) is 5.69 Å². The average molecular weight is 294 g/mol. The highest BCUT2D eigenvalue weighted by molar-refractivity contribution is 5.49. The lowest BCUT2D eigenvalue weighted by Gasteiger charge is -2.29. The summed E-state index contributed by atoms with van der Waals surface area (Å²) in [6.07, 6.45) is 0. The van der Waals surface area contributed by atoms with Crippen LogP contribution in [-0.2, 0) is 14.2 Å². The fourth-order valence-corrected chi connectivity index (χ4v) is 2.54. The number of methoxy groups -OCH3 is 1. The summed E-state index contributed by atoms with van der Waals surface area (Å²) in [6, 6.07) is 8.10. The zero-order valence-electron chi connectivity index (χ0n) is 12.3. The summed E-state index contributed by atoms with van der Waals surface area (Å²) in [6.45, 7) is 5.41. The summed E-state index contributed by atoms with van der Waals surface area (Å²) in [5.41, 5.74) is 1.22. The van der Waals surface area contributed by atoms with Gasteiger partial charge in [0.25, 0.3) is 0 Å². The molecule has 0 saturated carbocycles. The van der Waals surface area contributed by atoms with E-state index in [-0.39, 0.29) is 6.61 Å². The Labute approximate surface area is 124 Å². The molecule has 2 heterocycles. The molecule has 0 aliphatic carbocycles. The first kappa shape index (κ1) is 14.6. The molecule has 3 rings (SSSR count). The largest absolute Gasteiger partial charge is 0.485 e. The van der Waals surface area contributed by atoms with E-state index in [9.17, 15) is 0 Å². The van der Waals surface area contributed by atoms with Crippen LogP contribution in [0, 0.1) is 0 Å². The maximum Gasteiger partial charge on any atom is 0.319 e. The lowest BCUT2D eigenvalue weighted by molar-refractivity contribution is -0.330. The van der Waals surface area contributed by atoms with Crippen molar-refractivity contribution in [2.75, 3.05) is 58.0 Å². The minimum absolute atomic E-state index is 0.219. The normalized spacial score (nSPS) is 21.5. The Balaban J connectivity index is 1.56. The number of anilines is 1. The zero-order chi connectivity index (χ0) is 14.5. The molecule has 2 saturated heterocycles. The van der Waals surface area contributed by atoms with E-state index in [0.717, 1.165) is 31.9 Å². The number of hydrogen-bond acceptors (Lipinski definition) is 6. The number of rotatable bonds is 5. The summed E-state index contributed by atoms with van der Waals surface area (Å²) in [7, 11) is 1.56. The summed E-state index contributed by atoms with van der Waals surface area (Å²) in [5, 5.41) is 3.35. The minimum atomic E-state index is -1.06. The van der Waals surface area contributed by atoms with E-state index in [4.69, 9.17) is 18.9 Å². The Hall–Kier alpha value is -1.34. The minimum Gasteiger partial charge on any atom is -0.485 e. The maximum absolute atomic E-state index is 5.72. The predicted molar refractivity (Wildman–Crippen MR) is 78.7 cm³/mol. The average Bonchev–Trinajstić information content (AvgIpc) is 3.04. The molecule has 0 amide bonds. The molecule has 116 valence electrons. The van der Waals surface area contributed by atoms with Crippen LogP contribution in [0.5, 0.6) is 5.75 Å². The first-order chi connectivity index (χ1) is 10.3. The van der Waals surface area contributed by atoms with Crippen LogP contribution in [-0.4, -0.2) is 59.1 Å². The number of benzene rings is 1. The van der Waals surface area contributed by atoms with Crippen LogP contribution in [0.3, 0.4) is 0 Å². The molecule has 0 unspecified atom stereocenters. The Kier molecular flexibility index (Phi) is 4.60. The van der Waals surface area contributed by atoms with Gasteiger partial charge in [0, 0.05) is 39.0 Å². The van der Waals surface area contributed by atoms with Crippen molar-refractivity contribution >= 4 is 5.69 Å². The van der Waals surface area contributed by atoms with Gasteiger partial charge >= 0.3 is 5.97 Å². The first-order valence-electron chi connectivity index (χ1n) is 7.33. The van der Waals surface area contributed by atoms with Crippen molar-refractivity contribution < 1.29 is 18.9 Å². The molecule has 2 fully saturated rings. The van der Waals surface area contributed by atoms with E-state index >= 15 is 0 Å². The van der Waals surface area contributed by atoms with Gasteiger partial charge in [0.05, 0.1) is 13.2 Å². The summed E-state index contributed by atoms with van der Waals surface area (Å²) < 4.78 is 21.9. The molecule has 0 radical (unpaired) electrons. The summed E-state index contributed by atoms with van der Waals surface area (Å²) >= 11 is 0. The zero-order valence-corrected chi connectivity index (χ0v) is 12.3. The molecular formula is C15H22N2O4. The molecule has 0 spiro atoms. The van der Waals surface area contributed by atoms with Crippen molar-refractivity contribution in [2.24, 2.45) is 0 Å². The first-order valence-corrected chi connectivity index (χ1v) is 7.33. The molecule has 2 aliphatic heterocycles. The Bertz CT molecular complexity index is 439.